The number of para-hydroxylation sites is 1. The van der Waals surface area contributed by atoms with Crippen LogP contribution in [0.15, 0.2) is 42.5 Å². The number of hydrogen-bond acceptors (Lipinski definition) is 4. The van der Waals surface area contributed by atoms with Crippen molar-refractivity contribution in [3.8, 4) is 5.69 Å². The third-order valence-electron chi connectivity index (χ3n) is 7.16. The van der Waals surface area contributed by atoms with Crippen molar-refractivity contribution >= 4 is 17.5 Å². The van der Waals surface area contributed by atoms with E-state index in [0.717, 1.165) is 53.8 Å². The number of aromatic nitrogens is 2. The lowest BCUT2D eigenvalue weighted by Crippen LogP contribution is -2.42. The van der Waals surface area contributed by atoms with Gasteiger partial charge >= 0.3 is 0 Å². The lowest BCUT2D eigenvalue weighted by atomic mass is 10.1. The van der Waals surface area contributed by atoms with E-state index in [9.17, 15) is 14.0 Å². The number of ether oxygens (including phenoxy) is 1. The maximum atomic E-state index is 14.6. The summed E-state index contributed by atoms with van der Waals surface area (Å²) in [6.45, 7) is 4.79. The smallest absolute Gasteiger partial charge is 0.275 e. The summed E-state index contributed by atoms with van der Waals surface area (Å²) in [5.41, 5.74) is 5.13. The molecule has 1 fully saturated rings. The molecule has 1 atom stereocenters. The molecule has 3 aromatic rings. The van der Waals surface area contributed by atoms with Crippen molar-refractivity contribution < 1.29 is 18.7 Å². The minimum Gasteiger partial charge on any atom is -0.376 e. The number of hydrogen-bond donors (Lipinski definition) is 1. The van der Waals surface area contributed by atoms with Crippen LogP contribution in [-0.2, 0) is 22.4 Å². The van der Waals surface area contributed by atoms with Crippen LogP contribution in [0.2, 0.25) is 0 Å². The molecule has 1 N–H and O–H groups in total. The topological polar surface area (TPSA) is 76.5 Å². The Bertz CT molecular complexity index is 1300. The second-order valence-corrected chi connectivity index (χ2v) is 9.61. The highest BCUT2D eigenvalue weighted by molar-refractivity contribution is 5.99. The van der Waals surface area contributed by atoms with Crippen molar-refractivity contribution in [2.24, 2.45) is 0 Å². The number of anilines is 1. The standard InChI is InChI=1S/C28H31FN4O3/c1-18-8-5-12-23(19(18)2)30-26(34)17-32(16-20-9-7-15-36-20)28(35)27-21-10-6-14-24(21)33(31-27)25-13-4-3-11-22(25)29/h3-5,8,11-13,20H,6-7,9-10,14-17H2,1-2H3,(H,30,34). The first-order valence-electron chi connectivity index (χ1n) is 12.5. The summed E-state index contributed by atoms with van der Waals surface area (Å²) in [4.78, 5) is 28.5. The molecule has 1 aromatic heterocycles. The van der Waals surface area contributed by atoms with Crippen molar-refractivity contribution in [1.29, 1.82) is 0 Å². The van der Waals surface area contributed by atoms with Crippen LogP contribution in [0.1, 0.15) is 52.1 Å². The Hall–Kier alpha value is -3.52. The molecule has 2 aliphatic rings. The summed E-state index contributed by atoms with van der Waals surface area (Å²) < 4.78 is 21.9. The van der Waals surface area contributed by atoms with E-state index in [1.165, 1.54) is 11.0 Å². The zero-order valence-corrected chi connectivity index (χ0v) is 20.7. The van der Waals surface area contributed by atoms with Gasteiger partial charge in [-0.2, -0.15) is 5.10 Å². The number of benzene rings is 2. The number of halogens is 1. The molecule has 0 bridgehead atoms. The van der Waals surface area contributed by atoms with Gasteiger partial charge in [-0.3, -0.25) is 9.59 Å². The summed E-state index contributed by atoms with van der Waals surface area (Å²) in [6, 6.07) is 12.2. The number of amides is 2. The molecule has 2 aromatic carbocycles. The zero-order valence-electron chi connectivity index (χ0n) is 20.7. The number of aryl methyl sites for hydroxylation is 1. The highest BCUT2D eigenvalue weighted by Gasteiger charge is 2.32. The second-order valence-electron chi connectivity index (χ2n) is 9.61. The number of rotatable bonds is 7. The van der Waals surface area contributed by atoms with Gasteiger partial charge in [-0.05, 0) is 75.3 Å². The van der Waals surface area contributed by atoms with E-state index in [1.54, 1.807) is 22.9 Å². The molecule has 1 saturated heterocycles. The average molecular weight is 491 g/mol. The lowest BCUT2D eigenvalue weighted by molar-refractivity contribution is -0.117. The van der Waals surface area contributed by atoms with Crippen molar-refractivity contribution in [2.75, 3.05) is 25.0 Å². The minimum absolute atomic E-state index is 0.118. The Morgan fingerprint density at radius 2 is 1.97 bits per heavy atom. The molecular weight excluding hydrogens is 459 g/mol. The van der Waals surface area contributed by atoms with Crippen LogP contribution in [-0.4, -0.2) is 52.3 Å². The predicted octanol–water partition coefficient (Wildman–Crippen LogP) is 4.38. The van der Waals surface area contributed by atoms with Crippen molar-refractivity contribution in [3.05, 3.63) is 76.4 Å². The van der Waals surface area contributed by atoms with Gasteiger partial charge in [0.25, 0.3) is 5.91 Å². The quantitative estimate of drug-likeness (QED) is 0.533. The van der Waals surface area contributed by atoms with Crippen LogP contribution in [0.25, 0.3) is 5.69 Å². The fourth-order valence-corrected chi connectivity index (χ4v) is 5.08. The summed E-state index contributed by atoms with van der Waals surface area (Å²) in [6.07, 6.45) is 3.95. The Labute approximate surface area is 210 Å². The molecule has 7 nitrogen and oxygen atoms in total. The number of carbonyl (C=O) groups is 2. The predicted molar refractivity (Wildman–Crippen MR) is 135 cm³/mol. The first kappa shape index (κ1) is 24.2. The zero-order chi connectivity index (χ0) is 25.2. The molecule has 0 spiro atoms. The minimum atomic E-state index is -0.391. The van der Waals surface area contributed by atoms with Gasteiger partial charge in [0, 0.05) is 30.1 Å². The van der Waals surface area contributed by atoms with Crippen molar-refractivity contribution in [3.63, 3.8) is 0 Å². The first-order valence-corrected chi connectivity index (χ1v) is 12.5. The third-order valence-corrected chi connectivity index (χ3v) is 7.16. The van der Waals surface area contributed by atoms with Gasteiger partial charge in [-0.1, -0.05) is 24.3 Å². The number of nitrogens with one attached hydrogen (secondary N) is 1. The van der Waals surface area contributed by atoms with Crippen LogP contribution in [0.3, 0.4) is 0 Å². The number of fused-ring (bicyclic) bond motifs is 1. The van der Waals surface area contributed by atoms with Gasteiger partial charge in [0.05, 0.1) is 6.10 Å². The SMILES string of the molecule is Cc1cccc(NC(=O)CN(CC2CCCO2)C(=O)c2nn(-c3ccccc3F)c3c2CCC3)c1C. The van der Waals surface area contributed by atoms with E-state index in [-0.39, 0.29) is 24.5 Å². The Morgan fingerprint density at radius 3 is 2.75 bits per heavy atom. The van der Waals surface area contributed by atoms with Gasteiger partial charge in [0.15, 0.2) is 5.69 Å². The molecule has 0 saturated carbocycles. The maximum Gasteiger partial charge on any atom is 0.275 e. The summed E-state index contributed by atoms with van der Waals surface area (Å²) in [7, 11) is 0. The average Bonchev–Trinajstić information content (AvgIpc) is 3.60. The van der Waals surface area contributed by atoms with Crippen molar-refractivity contribution in [2.45, 2.75) is 52.1 Å². The molecule has 36 heavy (non-hydrogen) atoms. The van der Waals surface area contributed by atoms with Gasteiger partial charge < -0.3 is 15.0 Å². The molecule has 1 unspecified atom stereocenters. The van der Waals surface area contributed by atoms with Crippen LogP contribution >= 0.6 is 0 Å². The summed E-state index contributed by atoms with van der Waals surface area (Å²) in [5.74, 6) is -0.993. The van der Waals surface area contributed by atoms with E-state index in [1.807, 2.05) is 32.0 Å². The largest absolute Gasteiger partial charge is 0.376 e. The highest BCUT2D eigenvalue weighted by Crippen LogP contribution is 2.30. The lowest BCUT2D eigenvalue weighted by Gasteiger charge is -2.25. The molecule has 0 radical (unpaired) electrons. The number of nitrogens with zero attached hydrogens (tertiary/aromatic N) is 3. The van der Waals surface area contributed by atoms with E-state index < -0.39 is 5.82 Å². The van der Waals surface area contributed by atoms with Crippen LogP contribution in [0.4, 0.5) is 10.1 Å². The van der Waals surface area contributed by atoms with E-state index in [2.05, 4.69) is 10.4 Å². The van der Waals surface area contributed by atoms with Gasteiger partial charge in [0.1, 0.15) is 18.0 Å². The number of carbonyl (C=O) groups excluding carboxylic acids is 2. The Kier molecular flexibility index (Phi) is 6.87. The molecule has 188 valence electrons. The van der Waals surface area contributed by atoms with E-state index >= 15 is 0 Å². The van der Waals surface area contributed by atoms with Crippen LogP contribution in [0.5, 0.6) is 0 Å². The Morgan fingerprint density at radius 1 is 1.14 bits per heavy atom. The maximum absolute atomic E-state index is 14.6. The van der Waals surface area contributed by atoms with Crippen molar-refractivity contribution in [1.82, 2.24) is 14.7 Å². The first-order chi connectivity index (χ1) is 17.4. The van der Waals surface area contributed by atoms with Crippen LogP contribution < -0.4 is 5.32 Å². The molecule has 8 heteroatoms. The normalized spacial score (nSPS) is 16.7. The molecule has 2 heterocycles. The molecule has 2 amide bonds. The third kappa shape index (κ3) is 4.78. The Balaban J connectivity index is 1.43. The van der Waals surface area contributed by atoms with Crippen LogP contribution in [0, 0.1) is 19.7 Å². The summed E-state index contributed by atoms with van der Waals surface area (Å²) in [5, 5.41) is 7.54. The molecular formula is C28H31FN4O3. The molecule has 1 aliphatic carbocycles. The van der Waals surface area contributed by atoms with E-state index in [0.29, 0.717) is 31.0 Å². The van der Waals surface area contributed by atoms with Gasteiger partial charge in [-0.15, -0.1) is 0 Å². The van der Waals surface area contributed by atoms with Gasteiger partial charge in [-0.25, -0.2) is 9.07 Å². The highest BCUT2D eigenvalue weighted by atomic mass is 19.1. The monoisotopic (exact) mass is 490 g/mol. The summed E-state index contributed by atoms with van der Waals surface area (Å²) >= 11 is 0. The fourth-order valence-electron chi connectivity index (χ4n) is 5.08. The molecule has 1 aliphatic heterocycles. The van der Waals surface area contributed by atoms with Gasteiger partial charge in [0.2, 0.25) is 5.91 Å². The van der Waals surface area contributed by atoms with E-state index in [4.69, 9.17) is 4.74 Å². The fraction of sp³-hybridized carbons (Fsp3) is 0.393. The molecule has 5 rings (SSSR count). The second kappa shape index (κ2) is 10.2.